The largest absolute Gasteiger partial charge is 0.487 e. The van der Waals surface area contributed by atoms with E-state index in [1.165, 1.54) is 50.5 Å². The molecule has 0 radical (unpaired) electrons. The summed E-state index contributed by atoms with van der Waals surface area (Å²) in [4.78, 5) is 12.0. The summed E-state index contributed by atoms with van der Waals surface area (Å²) in [7, 11) is 0. The zero-order chi connectivity index (χ0) is 19.7. The van der Waals surface area contributed by atoms with Crippen LogP contribution in [0.2, 0.25) is 0 Å². The van der Waals surface area contributed by atoms with Gasteiger partial charge in [-0.15, -0.1) is 0 Å². The van der Waals surface area contributed by atoms with E-state index in [1.807, 2.05) is 31.2 Å². The number of benzene rings is 1. The zero-order valence-electron chi connectivity index (χ0n) is 17.1. The van der Waals surface area contributed by atoms with Gasteiger partial charge in [0.2, 0.25) is 0 Å². The average molecular weight is 377 g/mol. The summed E-state index contributed by atoms with van der Waals surface area (Å²) in [5.74, 6) is -0.00716. The normalized spacial score (nSPS) is 10.6. The Hall–Kier alpha value is -1.81. The minimum absolute atomic E-state index is 0.0265. The standard InChI is InChI=1S/C23H36O4/c1-4-6-7-8-9-10-11-13-21-14-16-22(17-15-21)27-23(24)20(3)26-19-12-18-25-5-2/h14-17H,3-13,18-19H2,1-2H3. The number of hydrogen-bond donors (Lipinski definition) is 0. The summed E-state index contributed by atoms with van der Waals surface area (Å²) in [6.07, 6.45) is 10.9. The molecule has 0 unspecified atom stereocenters. The molecule has 0 atom stereocenters. The fourth-order valence-corrected chi connectivity index (χ4v) is 2.73. The second-order valence-electron chi connectivity index (χ2n) is 6.73. The maximum Gasteiger partial charge on any atom is 0.378 e. The predicted octanol–water partition coefficient (Wildman–Crippen LogP) is 5.84. The zero-order valence-corrected chi connectivity index (χ0v) is 17.1. The summed E-state index contributed by atoms with van der Waals surface area (Å²) in [6, 6.07) is 7.70. The molecule has 0 bridgehead atoms. The molecule has 1 aromatic rings. The first kappa shape index (κ1) is 23.2. The van der Waals surface area contributed by atoms with Gasteiger partial charge in [0, 0.05) is 19.6 Å². The van der Waals surface area contributed by atoms with Gasteiger partial charge in [-0.2, -0.15) is 0 Å². The van der Waals surface area contributed by atoms with Gasteiger partial charge in [0.05, 0.1) is 6.61 Å². The van der Waals surface area contributed by atoms with E-state index in [0.717, 1.165) is 6.42 Å². The van der Waals surface area contributed by atoms with Crippen molar-refractivity contribution in [2.45, 2.75) is 71.6 Å². The van der Waals surface area contributed by atoms with Gasteiger partial charge in [-0.25, -0.2) is 4.79 Å². The minimum atomic E-state index is -0.550. The van der Waals surface area contributed by atoms with E-state index in [1.54, 1.807) is 0 Å². The lowest BCUT2D eigenvalue weighted by atomic mass is 10.0. The van der Waals surface area contributed by atoms with Gasteiger partial charge >= 0.3 is 5.97 Å². The molecule has 0 heterocycles. The fourth-order valence-electron chi connectivity index (χ4n) is 2.73. The molecule has 0 saturated carbocycles. The number of ether oxygens (including phenoxy) is 3. The van der Waals surface area contributed by atoms with E-state index < -0.39 is 5.97 Å². The number of carbonyl (C=O) groups is 1. The summed E-state index contributed by atoms with van der Waals surface area (Å²) in [5.41, 5.74) is 1.27. The van der Waals surface area contributed by atoms with Crippen LogP contribution in [-0.2, 0) is 20.7 Å². The molecular formula is C23H36O4. The Kier molecular flexibility index (Phi) is 13.1. The molecule has 0 saturated heterocycles. The summed E-state index contributed by atoms with van der Waals surface area (Å²) >= 11 is 0. The van der Waals surface area contributed by atoms with Gasteiger partial charge < -0.3 is 14.2 Å². The second kappa shape index (κ2) is 15.3. The number of hydrogen-bond acceptors (Lipinski definition) is 4. The van der Waals surface area contributed by atoms with Crippen LogP contribution in [0.15, 0.2) is 36.6 Å². The highest BCUT2D eigenvalue weighted by Gasteiger charge is 2.11. The van der Waals surface area contributed by atoms with Gasteiger partial charge in [-0.05, 0) is 44.0 Å². The summed E-state index contributed by atoms with van der Waals surface area (Å²) in [6.45, 7) is 9.49. The van der Waals surface area contributed by atoms with Crippen LogP contribution in [0.4, 0.5) is 0 Å². The van der Waals surface area contributed by atoms with Crippen LogP contribution in [0.25, 0.3) is 0 Å². The second-order valence-corrected chi connectivity index (χ2v) is 6.73. The first-order valence-corrected chi connectivity index (χ1v) is 10.4. The molecule has 4 nitrogen and oxygen atoms in total. The van der Waals surface area contributed by atoms with Crippen LogP contribution in [0, 0.1) is 0 Å². The van der Waals surface area contributed by atoms with Gasteiger partial charge in [0.15, 0.2) is 5.76 Å². The molecule has 4 heteroatoms. The van der Waals surface area contributed by atoms with Crippen molar-refractivity contribution < 1.29 is 19.0 Å². The first-order chi connectivity index (χ1) is 13.2. The minimum Gasteiger partial charge on any atom is -0.487 e. The average Bonchev–Trinajstić information content (AvgIpc) is 2.68. The molecule has 0 aliphatic carbocycles. The van der Waals surface area contributed by atoms with Crippen LogP contribution in [0.1, 0.15) is 70.8 Å². The van der Waals surface area contributed by atoms with E-state index in [2.05, 4.69) is 13.5 Å². The Morgan fingerprint density at radius 2 is 1.56 bits per heavy atom. The molecular weight excluding hydrogens is 340 g/mol. The predicted molar refractivity (Wildman–Crippen MR) is 110 cm³/mol. The molecule has 0 fully saturated rings. The van der Waals surface area contributed by atoms with Crippen molar-refractivity contribution in [3.8, 4) is 5.75 Å². The van der Waals surface area contributed by atoms with Crippen LogP contribution < -0.4 is 4.74 Å². The highest BCUT2D eigenvalue weighted by Crippen LogP contribution is 2.16. The number of aryl methyl sites for hydroxylation is 1. The Labute approximate surface area is 164 Å². The molecule has 0 aromatic heterocycles. The third-order valence-corrected chi connectivity index (χ3v) is 4.34. The number of rotatable bonds is 16. The SMILES string of the molecule is C=C(OCCCOCC)C(=O)Oc1ccc(CCCCCCCCC)cc1. The van der Waals surface area contributed by atoms with Crippen molar-refractivity contribution in [1.29, 1.82) is 0 Å². The lowest BCUT2D eigenvalue weighted by Crippen LogP contribution is -2.14. The lowest BCUT2D eigenvalue weighted by molar-refractivity contribution is -0.134. The van der Waals surface area contributed by atoms with Crippen molar-refractivity contribution in [2.75, 3.05) is 19.8 Å². The molecule has 0 spiro atoms. The van der Waals surface area contributed by atoms with E-state index in [4.69, 9.17) is 14.2 Å². The van der Waals surface area contributed by atoms with E-state index in [9.17, 15) is 4.79 Å². The van der Waals surface area contributed by atoms with Gasteiger partial charge in [0.1, 0.15) is 5.75 Å². The molecule has 1 aromatic carbocycles. The lowest BCUT2D eigenvalue weighted by Gasteiger charge is -2.09. The summed E-state index contributed by atoms with van der Waals surface area (Å²) in [5, 5.41) is 0. The quantitative estimate of drug-likeness (QED) is 0.119. The van der Waals surface area contributed by atoms with E-state index >= 15 is 0 Å². The number of esters is 1. The van der Waals surface area contributed by atoms with Gasteiger partial charge in [0.25, 0.3) is 0 Å². The molecule has 0 aliphatic rings. The molecule has 152 valence electrons. The Morgan fingerprint density at radius 1 is 0.889 bits per heavy atom. The van der Waals surface area contributed by atoms with Crippen molar-refractivity contribution in [3.63, 3.8) is 0 Å². The number of unbranched alkanes of at least 4 members (excludes halogenated alkanes) is 6. The molecule has 0 amide bonds. The van der Waals surface area contributed by atoms with Crippen LogP contribution in [0.5, 0.6) is 5.75 Å². The topological polar surface area (TPSA) is 44.8 Å². The molecule has 27 heavy (non-hydrogen) atoms. The maximum absolute atomic E-state index is 12.0. The van der Waals surface area contributed by atoms with Crippen molar-refractivity contribution in [3.05, 3.63) is 42.2 Å². The van der Waals surface area contributed by atoms with Crippen molar-refractivity contribution in [2.24, 2.45) is 0 Å². The highest BCUT2D eigenvalue weighted by atomic mass is 16.6. The molecule has 0 N–H and O–H groups in total. The Morgan fingerprint density at radius 3 is 2.22 bits per heavy atom. The third-order valence-electron chi connectivity index (χ3n) is 4.34. The third kappa shape index (κ3) is 11.5. The number of carbonyl (C=O) groups excluding carboxylic acids is 1. The van der Waals surface area contributed by atoms with E-state index in [0.29, 0.717) is 32.0 Å². The van der Waals surface area contributed by atoms with Crippen molar-refractivity contribution in [1.82, 2.24) is 0 Å². The summed E-state index contributed by atoms with van der Waals surface area (Å²) < 4.78 is 15.8. The van der Waals surface area contributed by atoms with Crippen LogP contribution in [-0.4, -0.2) is 25.8 Å². The highest BCUT2D eigenvalue weighted by molar-refractivity contribution is 5.87. The van der Waals surface area contributed by atoms with Crippen LogP contribution >= 0.6 is 0 Å². The van der Waals surface area contributed by atoms with Gasteiger partial charge in [-0.3, -0.25) is 0 Å². The fraction of sp³-hybridized carbons (Fsp3) is 0.609. The smallest absolute Gasteiger partial charge is 0.378 e. The van der Waals surface area contributed by atoms with E-state index in [-0.39, 0.29) is 5.76 Å². The van der Waals surface area contributed by atoms with Crippen molar-refractivity contribution >= 4 is 5.97 Å². The molecule has 1 rings (SSSR count). The van der Waals surface area contributed by atoms with Crippen LogP contribution in [0.3, 0.4) is 0 Å². The maximum atomic E-state index is 12.0. The molecule has 0 aliphatic heterocycles. The Balaban J connectivity index is 2.21. The Bertz CT molecular complexity index is 522. The monoisotopic (exact) mass is 376 g/mol. The van der Waals surface area contributed by atoms with Gasteiger partial charge in [-0.1, -0.05) is 57.6 Å². The first-order valence-electron chi connectivity index (χ1n) is 10.4.